The molecule has 0 radical (unpaired) electrons. The number of nitrogens with one attached hydrogen (secondary N) is 1. The van der Waals surface area contributed by atoms with Crippen LogP contribution in [0.4, 0.5) is 20.6 Å². The van der Waals surface area contributed by atoms with Crippen molar-refractivity contribution in [1.82, 2.24) is 4.90 Å². The van der Waals surface area contributed by atoms with Gasteiger partial charge in [0.05, 0.1) is 10.0 Å². The van der Waals surface area contributed by atoms with Crippen LogP contribution in [-0.2, 0) is 5.41 Å². The maximum Gasteiger partial charge on any atom is 0.326 e. The number of urea groups is 1. The van der Waals surface area contributed by atoms with Crippen LogP contribution in [0, 0.1) is 5.82 Å². The molecule has 3 aromatic rings. The van der Waals surface area contributed by atoms with Crippen LogP contribution in [0.5, 0.6) is 0 Å². The standard InChI is InChI=1S/C28H26Cl2FN3O/c29-24-10-9-22(18-25(24)30)32-27(35)34-19-28(23-17-21(31)8-11-26(23)34)12-15-33(16-13-28)14-4-7-20-5-2-1-3-6-20/h1-11,17-18H,12-16,19H2,(H,32,35). The van der Waals surface area contributed by atoms with Gasteiger partial charge in [-0.15, -0.1) is 0 Å². The molecule has 0 aromatic heterocycles. The Hall–Kier alpha value is -2.86. The molecule has 0 bridgehead atoms. The molecule has 0 saturated carbocycles. The van der Waals surface area contributed by atoms with Crippen molar-refractivity contribution in [1.29, 1.82) is 0 Å². The zero-order valence-corrected chi connectivity index (χ0v) is 20.7. The first-order valence-electron chi connectivity index (χ1n) is 11.7. The highest BCUT2D eigenvalue weighted by Crippen LogP contribution is 2.47. The van der Waals surface area contributed by atoms with E-state index < -0.39 is 0 Å². The maximum absolute atomic E-state index is 14.3. The lowest BCUT2D eigenvalue weighted by atomic mass is 9.74. The van der Waals surface area contributed by atoms with Crippen LogP contribution < -0.4 is 10.2 Å². The minimum atomic E-state index is -0.275. The van der Waals surface area contributed by atoms with Crippen molar-refractivity contribution in [3.63, 3.8) is 0 Å². The summed E-state index contributed by atoms with van der Waals surface area (Å²) in [5.74, 6) is -0.275. The number of benzene rings is 3. The number of fused-ring (bicyclic) bond motifs is 2. The van der Waals surface area contributed by atoms with E-state index in [1.165, 1.54) is 11.6 Å². The Bertz CT molecular complexity index is 1260. The minimum absolute atomic E-state index is 0.258. The molecule has 0 unspecified atom stereocenters. The highest BCUT2D eigenvalue weighted by atomic mass is 35.5. The maximum atomic E-state index is 14.3. The van der Waals surface area contributed by atoms with E-state index in [2.05, 4.69) is 34.5 Å². The van der Waals surface area contributed by atoms with E-state index in [1.54, 1.807) is 35.2 Å². The second-order valence-corrected chi connectivity index (χ2v) is 10.0. The van der Waals surface area contributed by atoms with Gasteiger partial charge in [-0.25, -0.2) is 9.18 Å². The van der Waals surface area contributed by atoms with Gasteiger partial charge < -0.3 is 5.32 Å². The van der Waals surface area contributed by atoms with Gasteiger partial charge in [-0.3, -0.25) is 9.80 Å². The summed E-state index contributed by atoms with van der Waals surface area (Å²) in [6, 6.07) is 19.7. The van der Waals surface area contributed by atoms with Crippen LogP contribution in [0.2, 0.25) is 10.0 Å². The number of carbonyl (C=O) groups is 1. The van der Waals surface area contributed by atoms with Gasteiger partial charge in [0.25, 0.3) is 0 Å². The molecular weight excluding hydrogens is 484 g/mol. The topological polar surface area (TPSA) is 35.6 Å². The minimum Gasteiger partial charge on any atom is -0.307 e. The zero-order chi connectivity index (χ0) is 24.4. The molecule has 1 saturated heterocycles. The van der Waals surface area contributed by atoms with E-state index in [0.29, 0.717) is 22.3 Å². The van der Waals surface area contributed by atoms with Gasteiger partial charge in [-0.2, -0.15) is 0 Å². The molecule has 7 heteroatoms. The summed E-state index contributed by atoms with van der Waals surface area (Å²) in [4.78, 5) is 17.4. The smallest absolute Gasteiger partial charge is 0.307 e. The van der Waals surface area contributed by atoms with Gasteiger partial charge in [0.2, 0.25) is 0 Å². The number of nitrogens with zero attached hydrogens (tertiary/aromatic N) is 2. The van der Waals surface area contributed by atoms with E-state index in [1.807, 2.05) is 18.2 Å². The Morgan fingerprint density at radius 1 is 1.00 bits per heavy atom. The van der Waals surface area contributed by atoms with Crippen LogP contribution in [0.3, 0.4) is 0 Å². The number of halogens is 3. The van der Waals surface area contributed by atoms with Gasteiger partial charge in [-0.05, 0) is 73.5 Å². The van der Waals surface area contributed by atoms with Gasteiger partial charge >= 0.3 is 6.03 Å². The van der Waals surface area contributed by atoms with Crippen molar-refractivity contribution >= 4 is 46.7 Å². The number of hydrogen-bond acceptors (Lipinski definition) is 2. The fourth-order valence-electron chi connectivity index (χ4n) is 5.08. The Morgan fingerprint density at radius 3 is 2.51 bits per heavy atom. The van der Waals surface area contributed by atoms with E-state index >= 15 is 0 Å². The van der Waals surface area contributed by atoms with Crippen molar-refractivity contribution < 1.29 is 9.18 Å². The fourth-order valence-corrected chi connectivity index (χ4v) is 5.38. The Labute approximate surface area is 214 Å². The molecule has 2 heterocycles. The first kappa shape index (κ1) is 23.9. The average molecular weight is 510 g/mol. The molecule has 0 atom stereocenters. The third-order valence-corrected chi connectivity index (χ3v) is 7.72. The molecule has 5 rings (SSSR count). The molecular formula is C28H26Cl2FN3O. The second-order valence-electron chi connectivity index (χ2n) is 9.20. The molecule has 2 aliphatic rings. The number of likely N-dealkylation sites (tertiary alicyclic amines) is 1. The van der Waals surface area contributed by atoms with Crippen LogP contribution in [0.25, 0.3) is 6.08 Å². The van der Waals surface area contributed by atoms with Crippen LogP contribution in [-0.4, -0.2) is 37.1 Å². The van der Waals surface area contributed by atoms with Crippen molar-refractivity contribution in [3.8, 4) is 0 Å². The number of carbonyl (C=O) groups excluding carboxylic acids is 1. The van der Waals surface area contributed by atoms with E-state index in [9.17, 15) is 9.18 Å². The molecule has 4 nitrogen and oxygen atoms in total. The lowest BCUT2D eigenvalue weighted by Gasteiger charge is -2.39. The van der Waals surface area contributed by atoms with E-state index in [0.717, 1.165) is 43.7 Å². The number of piperidine rings is 1. The van der Waals surface area contributed by atoms with Gasteiger partial charge in [0.1, 0.15) is 5.82 Å². The van der Waals surface area contributed by atoms with Gasteiger partial charge in [0, 0.05) is 29.9 Å². The van der Waals surface area contributed by atoms with Gasteiger partial charge in [0.15, 0.2) is 0 Å². The largest absolute Gasteiger partial charge is 0.326 e. The van der Waals surface area contributed by atoms with Crippen molar-refractivity contribution in [2.45, 2.75) is 18.3 Å². The molecule has 2 aliphatic heterocycles. The van der Waals surface area contributed by atoms with Crippen LogP contribution in [0.15, 0.2) is 72.8 Å². The van der Waals surface area contributed by atoms with Gasteiger partial charge in [-0.1, -0.05) is 65.7 Å². The highest BCUT2D eigenvalue weighted by Gasteiger charge is 2.46. The summed E-state index contributed by atoms with van der Waals surface area (Å²) >= 11 is 12.1. The molecule has 180 valence electrons. The van der Waals surface area contributed by atoms with Crippen molar-refractivity contribution in [2.24, 2.45) is 0 Å². The predicted octanol–water partition coefficient (Wildman–Crippen LogP) is 7.23. The predicted molar refractivity (Wildman–Crippen MR) is 142 cm³/mol. The molecule has 2 amide bonds. The monoisotopic (exact) mass is 509 g/mol. The molecule has 1 N–H and O–H groups in total. The second kappa shape index (κ2) is 10.0. The van der Waals surface area contributed by atoms with Crippen molar-refractivity contribution in [3.05, 3.63) is 99.8 Å². The Morgan fingerprint density at radius 2 is 1.77 bits per heavy atom. The zero-order valence-electron chi connectivity index (χ0n) is 19.2. The molecule has 1 fully saturated rings. The Balaban J connectivity index is 1.29. The number of hydrogen-bond donors (Lipinski definition) is 1. The van der Waals surface area contributed by atoms with Crippen LogP contribution >= 0.6 is 23.2 Å². The molecule has 0 aliphatic carbocycles. The number of rotatable bonds is 4. The average Bonchev–Trinajstić information content (AvgIpc) is 3.17. The summed E-state index contributed by atoms with van der Waals surface area (Å²) in [5, 5.41) is 3.71. The third kappa shape index (κ3) is 5.08. The van der Waals surface area contributed by atoms with Crippen molar-refractivity contribution in [2.75, 3.05) is 36.4 Å². The van der Waals surface area contributed by atoms with Crippen LogP contribution in [0.1, 0.15) is 24.0 Å². The molecule has 35 heavy (non-hydrogen) atoms. The van der Waals surface area contributed by atoms with E-state index in [4.69, 9.17) is 23.2 Å². The lowest BCUT2D eigenvalue weighted by molar-refractivity contribution is 0.180. The summed E-state index contributed by atoms with van der Waals surface area (Å²) in [5.41, 5.74) is 3.17. The highest BCUT2D eigenvalue weighted by molar-refractivity contribution is 6.42. The summed E-state index contributed by atoms with van der Waals surface area (Å²) < 4.78 is 14.3. The summed E-state index contributed by atoms with van der Waals surface area (Å²) in [6.45, 7) is 3.16. The fraction of sp³-hybridized carbons (Fsp3) is 0.250. The SMILES string of the molecule is O=C(Nc1ccc(Cl)c(Cl)c1)N1CC2(CCN(CC=Cc3ccccc3)CC2)c2cc(F)ccc21. The summed E-state index contributed by atoms with van der Waals surface area (Å²) in [6.07, 6.45) is 6.05. The quantitative estimate of drug-likeness (QED) is 0.402. The number of anilines is 2. The first-order valence-corrected chi connectivity index (χ1v) is 12.5. The first-order chi connectivity index (χ1) is 16.9. The lowest BCUT2D eigenvalue weighted by Crippen LogP contribution is -2.46. The third-order valence-electron chi connectivity index (χ3n) is 6.98. The summed E-state index contributed by atoms with van der Waals surface area (Å²) in [7, 11) is 0. The van der Waals surface area contributed by atoms with E-state index in [-0.39, 0.29) is 17.3 Å². The Kier molecular flexibility index (Phi) is 6.83. The molecule has 3 aromatic carbocycles. The number of amides is 2. The molecule has 1 spiro atoms. The normalized spacial score (nSPS) is 17.2.